The van der Waals surface area contributed by atoms with Crippen molar-refractivity contribution in [2.75, 3.05) is 17.2 Å². The first-order valence-corrected chi connectivity index (χ1v) is 7.63. The molecule has 0 unspecified atom stereocenters. The van der Waals surface area contributed by atoms with Gasteiger partial charge in [-0.15, -0.1) is 0 Å². The highest BCUT2D eigenvalue weighted by molar-refractivity contribution is 9.10. The molecule has 3 nitrogen and oxygen atoms in total. The number of benzene rings is 2. The Balaban J connectivity index is 1.97. The summed E-state index contributed by atoms with van der Waals surface area (Å²) in [5, 5.41) is 6.10. The first-order valence-electron chi connectivity index (χ1n) is 6.83. The summed E-state index contributed by atoms with van der Waals surface area (Å²) in [7, 11) is 0. The van der Waals surface area contributed by atoms with Crippen LogP contribution in [0.15, 0.2) is 40.9 Å². The van der Waals surface area contributed by atoms with Crippen molar-refractivity contribution in [3.05, 3.63) is 57.6 Å². The SMILES string of the molecule is Cc1cc(NC(=O)CNc2c(C)cccc2C)ccc1Br. The van der Waals surface area contributed by atoms with Gasteiger partial charge in [0.2, 0.25) is 5.91 Å². The van der Waals surface area contributed by atoms with Gasteiger partial charge in [0, 0.05) is 15.8 Å². The number of nitrogens with one attached hydrogen (secondary N) is 2. The Morgan fingerprint density at radius 2 is 1.71 bits per heavy atom. The highest BCUT2D eigenvalue weighted by atomic mass is 79.9. The molecule has 0 radical (unpaired) electrons. The fourth-order valence-electron chi connectivity index (χ4n) is 2.19. The highest BCUT2D eigenvalue weighted by Gasteiger charge is 2.06. The molecule has 2 aromatic rings. The van der Waals surface area contributed by atoms with Gasteiger partial charge in [0.25, 0.3) is 0 Å². The summed E-state index contributed by atoms with van der Waals surface area (Å²) in [6, 6.07) is 11.8. The average Bonchev–Trinajstić information content (AvgIpc) is 2.42. The Kier molecular flexibility index (Phi) is 5.02. The van der Waals surface area contributed by atoms with E-state index in [-0.39, 0.29) is 12.5 Å². The van der Waals surface area contributed by atoms with Crippen molar-refractivity contribution in [3.63, 3.8) is 0 Å². The lowest BCUT2D eigenvalue weighted by Crippen LogP contribution is -2.22. The fourth-order valence-corrected chi connectivity index (χ4v) is 2.44. The normalized spacial score (nSPS) is 10.3. The molecule has 0 heterocycles. The van der Waals surface area contributed by atoms with Crippen molar-refractivity contribution in [1.29, 1.82) is 0 Å². The highest BCUT2D eigenvalue weighted by Crippen LogP contribution is 2.21. The number of anilines is 2. The van der Waals surface area contributed by atoms with E-state index in [4.69, 9.17) is 0 Å². The maximum atomic E-state index is 12.0. The Morgan fingerprint density at radius 1 is 1.05 bits per heavy atom. The summed E-state index contributed by atoms with van der Waals surface area (Å²) >= 11 is 3.45. The van der Waals surface area contributed by atoms with Crippen molar-refractivity contribution in [3.8, 4) is 0 Å². The van der Waals surface area contributed by atoms with Crippen LogP contribution in [0, 0.1) is 20.8 Å². The summed E-state index contributed by atoms with van der Waals surface area (Å²) in [6.45, 7) is 6.31. The van der Waals surface area contributed by atoms with Crippen LogP contribution >= 0.6 is 15.9 Å². The first kappa shape index (κ1) is 15.6. The van der Waals surface area contributed by atoms with Gasteiger partial charge in [0.15, 0.2) is 0 Å². The van der Waals surface area contributed by atoms with Crippen LogP contribution in [0.1, 0.15) is 16.7 Å². The summed E-state index contributed by atoms with van der Waals surface area (Å²) in [4.78, 5) is 12.0. The molecule has 0 aliphatic rings. The van der Waals surface area contributed by atoms with E-state index >= 15 is 0 Å². The molecule has 110 valence electrons. The molecule has 0 bridgehead atoms. The van der Waals surface area contributed by atoms with E-state index in [1.165, 1.54) is 0 Å². The lowest BCUT2D eigenvalue weighted by molar-refractivity contribution is -0.114. The summed E-state index contributed by atoms with van der Waals surface area (Å²) < 4.78 is 1.04. The Bertz CT molecular complexity index is 648. The molecule has 0 spiro atoms. The smallest absolute Gasteiger partial charge is 0.243 e. The summed E-state index contributed by atoms with van der Waals surface area (Å²) in [5.74, 6) is -0.0561. The van der Waals surface area contributed by atoms with Crippen LogP contribution in [0.3, 0.4) is 0 Å². The van der Waals surface area contributed by atoms with Gasteiger partial charge >= 0.3 is 0 Å². The zero-order valence-corrected chi connectivity index (χ0v) is 14.0. The largest absolute Gasteiger partial charge is 0.376 e. The van der Waals surface area contributed by atoms with Gasteiger partial charge in [0.05, 0.1) is 6.54 Å². The number of carbonyl (C=O) groups is 1. The van der Waals surface area contributed by atoms with Crippen LogP contribution in [-0.2, 0) is 4.79 Å². The number of rotatable bonds is 4. The number of halogens is 1. The molecular formula is C17H19BrN2O. The number of para-hydroxylation sites is 1. The molecule has 1 amide bonds. The minimum absolute atomic E-state index is 0.0561. The van der Waals surface area contributed by atoms with Crippen LogP contribution in [-0.4, -0.2) is 12.5 Å². The quantitative estimate of drug-likeness (QED) is 0.859. The molecule has 0 fully saturated rings. The van der Waals surface area contributed by atoms with Gasteiger partial charge in [-0.25, -0.2) is 0 Å². The van der Waals surface area contributed by atoms with Gasteiger partial charge in [-0.3, -0.25) is 4.79 Å². The van der Waals surface area contributed by atoms with Gasteiger partial charge in [-0.2, -0.15) is 0 Å². The van der Waals surface area contributed by atoms with E-state index in [1.807, 2.05) is 57.2 Å². The molecule has 0 aliphatic heterocycles. The molecule has 2 aromatic carbocycles. The minimum atomic E-state index is -0.0561. The Morgan fingerprint density at radius 3 is 2.33 bits per heavy atom. The molecule has 0 saturated heterocycles. The van der Waals surface area contributed by atoms with E-state index in [2.05, 4.69) is 26.6 Å². The predicted molar refractivity (Wildman–Crippen MR) is 91.9 cm³/mol. The van der Waals surface area contributed by atoms with E-state index in [1.54, 1.807) is 0 Å². The lowest BCUT2D eigenvalue weighted by atomic mass is 10.1. The maximum Gasteiger partial charge on any atom is 0.243 e. The van der Waals surface area contributed by atoms with E-state index in [9.17, 15) is 4.79 Å². The molecule has 21 heavy (non-hydrogen) atoms. The molecule has 2 rings (SSSR count). The standard InChI is InChI=1S/C17H19BrN2O/c1-11-5-4-6-12(2)17(11)19-10-16(21)20-14-7-8-15(18)13(3)9-14/h4-9,19H,10H2,1-3H3,(H,20,21). The topological polar surface area (TPSA) is 41.1 Å². The van der Waals surface area contributed by atoms with Crippen molar-refractivity contribution in [1.82, 2.24) is 0 Å². The van der Waals surface area contributed by atoms with Crippen LogP contribution in [0.2, 0.25) is 0 Å². The van der Waals surface area contributed by atoms with Crippen LogP contribution < -0.4 is 10.6 Å². The number of aryl methyl sites for hydroxylation is 3. The first-order chi connectivity index (χ1) is 9.97. The van der Waals surface area contributed by atoms with Crippen LogP contribution in [0.5, 0.6) is 0 Å². The molecule has 0 aromatic heterocycles. The van der Waals surface area contributed by atoms with Crippen LogP contribution in [0.25, 0.3) is 0 Å². The van der Waals surface area contributed by atoms with E-state index < -0.39 is 0 Å². The zero-order chi connectivity index (χ0) is 15.4. The van der Waals surface area contributed by atoms with E-state index in [0.717, 1.165) is 32.5 Å². The van der Waals surface area contributed by atoms with Gasteiger partial charge in [-0.05, 0) is 55.7 Å². The van der Waals surface area contributed by atoms with Gasteiger partial charge < -0.3 is 10.6 Å². The molecule has 4 heteroatoms. The Labute approximate surface area is 133 Å². The number of carbonyl (C=O) groups excluding carboxylic acids is 1. The zero-order valence-electron chi connectivity index (χ0n) is 12.5. The lowest BCUT2D eigenvalue weighted by Gasteiger charge is -2.13. The molecular weight excluding hydrogens is 328 g/mol. The molecule has 0 saturated carbocycles. The third kappa shape index (κ3) is 4.08. The fraction of sp³-hybridized carbons (Fsp3) is 0.235. The number of hydrogen-bond donors (Lipinski definition) is 2. The summed E-state index contributed by atoms with van der Waals surface area (Å²) in [6.07, 6.45) is 0. The second-order valence-corrected chi connectivity index (χ2v) is 5.99. The van der Waals surface area contributed by atoms with Gasteiger partial charge in [0.1, 0.15) is 0 Å². The third-order valence-corrected chi connectivity index (χ3v) is 4.24. The number of hydrogen-bond acceptors (Lipinski definition) is 2. The molecule has 2 N–H and O–H groups in total. The van der Waals surface area contributed by atoms with Gasteiger partial charge in [-0.1, -0.05) is 34.1 Å². The van der Waals surface area contributed by atoms with Crippen molar-refractivity contribution in [2.24, 2.45) is 0 Å². The predicted octanol–water partition coefficient (Wildman–Crippen LogP) is 4.42. The monoisotopic (exact) mass is 346 g/mol. The summed E-state index contributed by atoms with van der Waals surface area (Å²) in [5.41, 5.74) is 5.21. The minimum Gasteiger partial charge on any atom is -0.376 e. The van der Waals surface area contributed by atoms with Crippen molar-refractivity contribution < 1.29 is 4.79 Å². The molecule has 0 atom stereocenters. The Hall–Kier alpha value is -1.81. The van der Waals surface area contributed by atoms with Crippen LogP contribution in [0.4, 0.5) is 11.4 Å². The second-order valence-electron chi connectivity index (χ2n) is 5.13. The third-order valence-electron chi connectivity index (χ3n) is 3.35. The average molecular weight is 347 g/mol. The van der Waals surface area contributed by atoms with E-state index in [0.29, 0.717) is 0 Å². The number of amides is 1. The maximum absolute atomic E-state index is 12.0. The van der Waals surface area contributed by atoms with Crippen molar-refractivity contribution in [2.45, 2.75) is 20.8 Å². The second kappa shape index (κ2) is 6.76. The molecule has 0 aliphatic carbocycles. The van der Waals surface area contributed by atoms with Crippen molar-refractivity contribution >= 4 is 33.2 Å².